The van der Waals surface area contributed by atoms with Crippen LogP contribution in [0.3, 0.4) is 0 Å². The number of nitrogens with one attached hydrogen (secondary N) is 7. The zero-order valence-corrected chi connectivity index (χ0v) is 31.2. The van der Waals surface area contributed by atoms with Gasteiger partial charge in [-0.25, -0.2) is 0 Å². The molecule has 55 heavy (non-hydrogen) atoms. The van der Waals surface area contributed by atoms with Crippen molar-refractivity contribution in [1.82, 2.24) is 37.2 Å². The molecule has 1 aliphatic rings. The van der Waals surface area contributed by atoms with E-state index >= 15 is 0 Å². The predicted molar refractivity (Wildman–Crippen MR) is 200 cm³/mol. The van der Waals surface area contributed by atoms with Crippen molar-refractivity contribution in [2.24, 2.45) is 17.4 Å². The van der Waals surface area contributed by atoms with E-state index in [1.54, 1.807) is 44.2 Å². The van der Waals surface area contributed by atoms with Crippen LogP contribution in [0.2, 0.25) is 0 Å². The van der Waals surface area contributed by atoms with E-state index in [-0.39, 0.29) is 47.4 Å². The molecular formula is C35H59N9O11. The number of aliphatic hydroxyl groups is 3. The Kier molecular flexibility index (Phi) is 19.1. The third-order valence-corrected chi connectivity index (χ3v) is 8.84. The Morgan fingerprint density at radius 3 is 2.09 bits per heavy atom. The maximum atomic E-state index is 13.5. The quantitative estimate of drug-likeness (QED) is 0.0851. The Morgan fingerprint density at radius 2 is 1.53 bits per heavy atom. The van der Waals surface area contributed by atoms with Crippen LogP contribution in [0.4, 0.5) is 0 Å². The fourth-order valence-corrected chi connectivity index (χ4v) is 5.64. The van der Waals surface area contributed by atoms with Gasteiger partial charge in [-0.15, -0.1) is 0 Å². The number of carbonyl (C=O) groups is 8. The Labute approximate surface area is 321 Å². The van der Waals surface area contributed by atoms with Gasteiger partial charge in [0.05, 0.1) is 31.4 Å². The molecule has 0 spiro atoms. The molecule has 2 unspecified atom stereocenters. The molecule has 14 N–H and O–H groups in total. The van der Waals surface area contributed by atoms with Gasteiger partial charge in [-0.05, 0) is 44.1 Å². The second-order valence-electron chi connectivity index (χ2n) is 13.7. The first kappa shape index (κ1) is 46.0. The van der Waals surface area contributed by atoms with Gasteiger partial charge in [0, 0.05) is 22.2 Å². The molecular weight excluding hydrogens is 722 g/mol. The molecule has 1 fully saturated rings. The summed E-state index contributed by atoms with van der Waals surface area (Å²) in [6, 6.07) is -1.12. The number of hydrogen-bond acceptors (Lipinski definition) is 12. The molecule has 0 aliphatic carbocycles. The normalized spacial score (nSPS) is 22.9. The summed E-state index contributed by atoms with van der Waals surface area (Å²) in [5.41, 5.74) is 11.7. The molecule has 1 saturated heterocycles. The Hall–Kier alpha value is -5.18. The Bertz CT molecular complexity index is 1510. The average Bonchev–Trinajstić information content (AvgIpc) is 3.13. The molecule has 0 aromatic heterocycles. The number of nitrogens with two attached hydrogens (primary N) is 2. The molecule has 1 aromatic rings. The van der Waals surface area contributed by atoms with E-state index in [1.165, 1.54) is 6.92 Å². The Balaban J connectivity index is 0.0000157. The van der Waals surface area contributed by atoms with Crippen LogP contribution >= 0.6 is 0 Å². The monoisotopic (exact) mass is 781 g/mol. The van der Waals surface area contributed by atoms with Crippen molar-refractivity contribution in [2.75, 3.05) is 19.8 Å². The summed E-state index contributed by atoms with van der Waals surface area (Å²) in [7, 11) is 0. The van der Waals surface area contributed by atoms with Crippen LogP contribution < -0.4 is 48.7 Å². The summed E-state index contributed by atoms with van der Waals surface area (Å²) >= 11 is 0. The SMILES string of the molecule is CC(C)[C@H](NC1CCC(=O)NCCCCC(C(=O)N[C@@H](CO)C(=O)N[C@@H](Cc2ccccc2)C(N)=O)NC(=O)[C@H](CO)NC(=O)[C@H]([C@@H](C)O)NC1=O)C(N)=O.[HH].[HH]. The highest BCUT2D eigenvalue weighted by Crippen LogP contribution is 2.10. The number of benzene rings is 1. The number of amides is 8. The second-order valence-corrected chi connectivity index (χ2v) is 13.7. The number of aliphatic hydroxyl groups excluding tert-OH is 3. The van der Waals surface area contributed by atoms with Crippen LogP contribution in [0.25, 0.3) is 0 Å². The van der Waals surface area contributed by atoms with Crippen LogP contribution in [0.15, 0.2) is 30.3 Å². The van der Waals surface area contributed by atoms with Gasteiger partial charge in [0.15, 0.2) is 0 Å². The third-order valence-electron chi connectivity index (χ3n) is 8.84. The molecule has 1 aromatic carbocycles. The van der Waals surface area contributed by atoms with Crippen molar-refractivity contribution in [3.8, 4) is 0 Å². The lowest BCUT2D eigenvalue weighted by atomic mass is 10.00. The molecule has 0 radical (unpaired) electrons. The highest BCUT2D eigenvalue weighted by molar-refractivity contribution is 5.97. The van der Waals surface area contributed by atoms with Gasteiger partial charge in [-0.1, -0.05) is 44.2 Å². The van der Waals surface area contributed by atoms with E-state index < -0.39 is 109 Å². The summed E-state index contributed by atoms with van der Waals surface area (Å²) in [5, 5.41) is 47.8. The fourth-order valence-electron chi connectivity index (χ4n) is 5.64. The standard InChI is InChI=1S/C35H55N9O11.2H2/c1-18(2)27(30(37)50)39-22-12-13-26(48)38-14-8-7-11-21(40-33(53)25(17-46)43-35(55)28(19(3)47)44-32(22)52)31(51)42-24(16-45)34(54)41-23(29(36)49)15-20-9-5-4-6-10-20;;/h4-6,9-10,18-19,21-25,27-28,39,45-47H,7-8,11-17H2,1-3H3,(H2,36,49)(H2,37,50)(H,38,48)(H,40,53)(H,41,54)(H,42,51)(H,43,55)(H,44,52);2*1H/t19-,21?,22?,23+,24+,25+,27+,28+;;/m1../s1. The van der Waals surface area contributed by atoms with Crippen molar-refractivity contribution in [2.45, 2.75) is 108 Å². The van der Waals surface area contributed by atoms with Crippen molar-refractivity contribution in [3.05, 3.63) is 35.9 Å². The molecule has 8 atom stereocenters. The van der Waals surface area contributed by atoms with E-state index in [4.69, 9.17) is 11.5 Å². The van der Waals surface area contributed by atoms with E-state index in [9.17, 15) is 53.7 Å². The second kappa shape index (κ2) is 22.9. The van der Waals surface area contributed by atoms with Crippen LogP contribution in [-0.4, -0.2) is 131 Å². The fraction of sp³-hybridized carbons (Fsp3) is 0.600. The van der Waals surface area contributed by atoms with E-state index in [0.717, 1.165) is 0 Å². The molecule has 0 bridgehead atoms. The summed E-state index contributed by atoms with van der Waals surface area (Å²) in [5.74, 6) is -7.33. The summed E-state index contributed by atoms with van der Waals surface area (Å²) in [6.07, 6.45) is -1.40. The zero-order valence-electron chi connectivity index (χ0n) is 31.2. The molecule has 310 valence electrons. The van der Waals surface area contributed by atoms with Crippen molar-refractivity contribution >= 4 is 47.3 Å². The minimum atomic E-state index is -1.69. The number of hydrogen-bond donors (Lipinski definition) is 12. The molecule has 1 aliphatic heterocycles. The Morgan fingerprint density at radius 1 is 0.855 bits per heavy atom. The molecule has 20 heteroatoms. The first-order valence-corrected chi connectivity index (χ1v) is 18.1. The summed E-state index contributed by atoms with van der Waals surface area (Å²) in [6.45, 7) is 2.80. The van der Waals surface area contributed by atoms with Crippen LogP contribution in [0.5, 0.6) is 0 Å². The van der Waals surface area contributed by atoms with E-state index in [2.05, 4.69) is 37.2 Å². The van der Waals surface area contributed by atoms with Crippen LogP contribution in [0, 0.1) is 5.92 Å². The van der Waals surface area contributed by atoms with Gasteiger partial charge in [-0.3, -0.25) is 43.7 Å². The van der Waals surface area contributed by atoms with Gasteiger partial charge in [0.25, 0.3) is 0 Å². The molecule has 20 nitrogen and oxygen atoms in total. The van der Waals surface area contributed by atoms with Gasteiger partial charge in [0.1, 0.15) is 30.2 Å². The molecule has 0 saturated carbocycles. The molecule has 2 rings (SSSR count). The lowest BCUT2D eigenvalue weighted by Crippen LogP contribution is -2.62. The first-order chi connectivity index (χ1) is 26.0. The first-order valence-electron chi connectivity index (χ1n) is 18.1. The average molecular weight is 782 g/mol. The van der Waals surface area contributed by atoms with Crippen molar-refractivity contribution in [3.63, 3.8) is 0 Å². The highest BCUT2D eigenvalue weighted by atomic mass is 16.3. The maximum absolute atomic E-state index is 13.5. The van der Waals surface area contributed by atoms with Gasteiger partial charge < -0.3 is 58.7 Å². The van der Waals surface area contributed by atoms with E-state index in [1.807, 2.05) is 0 Å². The minimum absolute atomic E-state index is 0. The summed E-state index contributed by atoms with van der Waals surface area (Å²) < 4.78 is 0. The molecule has 8 amide bonds. The molecule has 1 heterocycles. The number of rotatable bonds is 14. The maximum Gasteiger partial charge on any atom is 0.245 e. The van der Waals surface area contributed by atoms with Crippen LogP contribution in [0.1, 0.15) is 61.3 Å². The van der Waals surface area contributed by atoms with Crippen molar-refractivity contribution in [1.29, 1.82) is 0 Å². The lowest BCUT2D eigenvalue weighted by Gasteiger charge is -2.29. The smallest absolute Gasteiger partial charge is 0.245 e. The van der Waals surface area contributed by atoms with E-state index in [0.29, 0.717) is 12.0 Å². The van der Waals surface area contributed by atoms with Gasteiger partial charge in [-0.2, -0.15) is 0 Å². The topological polar surface area (TPSA) is 333 Å². The number of primary amides is 2. The van der Waals surface area contributed by atoms with Crippen LogP contribution in [-0.2, 0) is 44.8 Å². The van der Waals surface area contributed by atoms with Gasteiger partial charge >= 0.3 is 0 Å². The van der Waals surface area contributed by atoms with Gasteiger partial charge in [0.2, 0.25) is 47.3 Å². The van der Waals surface area contributed by atoms with Crippen molar-refractivity contribution < 1.29 is 56.5 Å². The summed E-state index contributed by atoms with van der Waals surface area (Å²) in [4.78, 5) is 104. The third kappa shape index (κ3) is 15.2. The largest absolute Gasteiger partial charge is 0.394 e. The predicted octanol–water partition coefficient (Wildman–Crippen LogP) is -4.46. The lowest BCUT2D eigenvalue weighted by molar-refractivity contribution is -0.137. The minimum Gasteiger partial charge on any atom is -0.394 e. The zero-order chi connectivity index (χ0) is 41.2. The highest BCUT2D eigenvalue weighted by Gasteiger charge is 2.35. The number of carbonyl (C=O) groups excluding carboxylic acids is 8.